The average Bonchev–Trinajstić information content (AvgIpc) is 2.44. The van der Waals surface area contributed by atoms with Crippen LogP contribution >= 0.6 is 0 Å². The Bertz CT molecular complexity index is 476. The maximum absolute atomic E-state index is 11.8. The maximum Gasteiger partial charge on any atom is 0.306 e. The Hall–Kier alpha value is -2.28. The van der Waals surface area contributed by atoms with Crippen LogP contribution in [-0.2, 0) is 4.79 Å². The maximum atomic E-state index is 11.8. The molecular formula is C13H18N2O5. The molecule has 0 aliphatic heterocycles. The third-order valence-corrected chi connectivity index (χ3v) is 2.43. The van der Waals surface area contributed by atoms with Gasteiger partial charge >= 0.3 is 5.97 Å². The normalized spacial score (nSPS) is 9.90. The minimum atomic E-state index is -0.935. The van der Waals surface area contributed by atoms with Gasteiger partial charge in [0, 0.05) is 19.2 Å². The molecular weight excluding hydrogens is 264 g/mol. The van der Waals surface area contributed by atoms with Gasteiger partial charge in [0.25, 0.3) is 5.91 Å². The number of carboxylic acid groups (broad SMARTS) is 1. The number of hydrogen-bond donors (Lipinski definition) is 3. The predicted octanol–water partition coefficient (Wildman–Crippen LogP) is 0.237. The number of carbonyl (C=O) groups is 2. The number of aliphatic carboxylic acids is 1. The van der Waals surface area contributed by atoms with Gasteiger partial charge in [-0.1, -0.05) is 0 Å². The van der Waals surface area contributed by atoms with E-state index in [4.69, 9.17) is 20.3 Å². The van der Waals surface area contributed by atoms with Gasteiger partial charge in [-0.3, -0.25) is 9.59 Å². The molecule has 0 heterocycles. The van der Waals surface area contributed by atoms with Crippen LogP contribution in [0.2, 0.25) is 0 Å². The zero-order valence-corrected chi connectivity index (χ0v) is 11.2. The first kappa shape index (κ1) is 15.8. The molecule has 1 rings (SSSR count). The first-order valence-corrected chi connectivity index (χ1v) is 6.09. The lowest BCUT2D eigenvalue weighted by Gasteiger charge is -2.11. The van der Waals surface area contributed by atoms with Gasteiger partial charge in [0.05, 0.1) is 25.7 Å². The Morgan fingerprint density at radius 1 is 1.40 bits per heavy atom. The van der Waals surface area contributed by atoms with Crippen LogP contribution in [0.1, 0.15) is 16.8 Å². The highest BCUT2D eigenvalue weighted by Crippen LogP contribution is 2.24. The number of carbonyl (C=O) groups excluding carboxylic acids is 1. The molecule has 4 N–H and O–H groups in total. The lowest BCUT2D eigenvalue weighted by atomic mass is 10.1. The van der Waals surface area contributed by atoms with E-state index in [-0.39, 0.29) is 18.9 Å². The summed E-state index contributed by atoms with van der Waals surface area (Å²) >= 11 is 0. The molecule has 7 nitrogen and oxygen atoms in total. The summed E-state index contributed by atoms with van der Waals surface area (Å²) < 4.78 is 10.4. The van der Waals surface area contributed by atoms with Crippen molar-refractivity contribution in [3.05, 3.63) is 23.8 Å². The molecule has 1 amide bonds. The monoisotopic (exact) mass is 282 g/mol. The molecule has 0 spiro atoms. The van der Waals surface area contributed by atoms with Crippen molar-refractivity contribution >= 4 is 11.9 Å². The van der Waals surface area contributed by atoms with Gasteiger partial charge in [-0.05, 0) is 12.1 Å². The minimum Gasteiger partial charge on any atom is -0.496 e. The van der Waals surface area contributed by atoms with Gasteiger partial charge < -0.3 is 25.6 Å². The van der Waals surface area contributed by atoms with E-state index in [2.05, 4.69) is 5.32 Å². The molecule has 0 radical (unpaired) electrons. The molecule has 1 aromatic carbocycles. The molecule has 0 saturated carbocycles. The van der Waals surface area contributed by atoms with Gasteiger partial charge in [-0.2, -0.15) is 0 Å². The van der Waals surface area contributed by atoms with Crippen molar-refractivity contribution in [3.8, 4) is 11.5 Å². The number of methoxy groups -OCH3 is 1. The zero-order valence-electron chi connectivity index (χ0n) is 11.2. The summed E-state index contributed by atoms with van der Waals surface area (Å²) in [6.45, 7) is 0.778. The van der Waals surface area contributed by atoms with Crippen molar-refractivity contribution < 1.29 is 24.2 Å². The molecule has 0 aromatic heterocycles. The molecule has 0 atom stereocenters. The van der Waals surface area contributed by atoms with Crippen LogP contribution in [0.5, 0.6) is 11.5 Å². The first-order valence-electron chi connectivity index (χ1n) is 6.09. The topological polar surface area (TPSA) is 111 Å². The third-order valence-electron chi connectivity index (χ3n) is 2.43. The third kappa shape index (κ3) is 4.77. The highest BCUT2D eigenvalue weighted by Gasteiger charge is 2.12. The van der Waals surface area contributed by atoms with Crippen LogP contribution in [-0.4, -0.2) is 43.8 Å². The zero-order chi connectivity index (χ0) is 15.0. The van der Waals surface area contributed by atoms with E-state index in [9.17, 15) is 9.59 Å². The molecule has 0 aliphatic carbocycles. The molecule has 0 saturated heterocycles. The van der Waals surface area contributed by atoms with E-state index in [1.807, 2.05) is 0 Å². The number of hydrogen-bond acceptors (Lipinski definition) is 5. The van der Waals surface area contributed by atoms with E-state index in [1.54, 1.807) is 18.2 Å². The van der Waals surface area contributed by atoms with E-state index < -0.39 is 5.97 Å². The Morgan fingerprint density at radius 3 is 2.75 bits per heavy atom. The highest BCUT2D eigenvalue weighted by molar-refractivity contribution is 5.97. The molecule has 20 heavy (non-hydrogen) atoms. The summed E-state index contributed by atoms with van der Waals surface area (Å²) in [4.78, 5) is 22.2. The van der Waals surface area contributed by atoms with Crippen LogP contribution in [0.3, 0.4) is 0 Å². The fourth-order valence-electron chi connectivity index (χ4n) is 1.49. The molecule has 0 bridgehead atoms. The largest absolute Gasteiger partial charge is 0.496 e. The van der Waals surface area contributed by atoms with Crippen molar-refractivity contribution in [1.82, 2.24) is 5.32 Å². The van der Waals surface area contributed by atoms with E-state index >= 15 is 0 Å². The van der Waals surface area contributed by atoms with E-state index in [0.717, 1.165) is 0 Å². The summed E-state index contributed by atoms with van der Waals surface area (Å²) in [6.07, 6.45) is -0.0962. The minimum absolute atomic E-state index is 0.0528. The lowest BCUT2D eigenvalue weighted by Crippen LogP contribution is -2.29. The Morgan fingerprint density at radius 2 is 2.15 bits per heavy atom. The summed E-state index contributed by atoms with van der Waals surface area (Å²) in [5.41, 5.74) is 5.68. The molecule has 110 valence electrons. The smallest absolute Gasteiger partial charge is 0.306 e. The fraction of sp³-hybridized carbons (Fsp3) is 0.385. The highest BCUT2D eigenvalue weighted by atomic mass is 16.5. The van der Waals surface area contributed by atoms with Gasteiger partial charge in [0.15, 0.2) is 0 Å². The second kappa shape index (κ2) is 8.00. The number of ether oxygens (including phenoxy) is 2. The van der Waals surface area contributed by atoms with Crippen molar-refractivity contribution in [3.63, 3.8) is 0 Å². The molecule has 0 aliphatic rings. The number of carboxylic acids is 1. The van der Waals surface area contributed by atoms with Crippen molar-refractivity contribution in [2.24, 2.45) is 5.73 Å². The van der Waals surface area contributed by atoms with E-state index in [0.29, 0.717) is 30.2 Å². The Kier molecular flexibility index (Phi) is 6.31. The summed E-state index contributed by atoms with van der Waals surface area (Å²) in [6, 6.07) is 4.68. The fourth-order valence-corrected chi connectivity index (χ4v) is 1.49. The number of amides is 1. The second-order valence-corrected chi connectivity index (χ2v) is 3.90. The van der Waals surface area contributed by atoms with Crippen LogP contribution in [0.4, 0.5) is 0 Å². The molecule has 1 aromatic rings. The van der Waals surface area contributed by atoms with Gasteiger partial charge in [-0.25, -0.2) is 0 Å². The lowest BCUT2D eigenvalue weighted by molar-refractivity contribution is -0.137. The number of benzene rings is 1. The number of nitrogens with two attached hydrogens (primary N) is 1. The van der Waals surface area contributed by atoms with Crippen LogP contribution < -0.4 is 20.5 Å². The second-order valence-electron chi connectivity index (χ2n) is 3.90. The standard InChI is InChI=1S/C13H18N2O5/c1-19-11-8-9(20-7-4-12(16)17)2-3-10(11)13(18)15-6-5-14/h2-3,8H,4-7,14H2,1H3,(H,15,18)(H,16,17). The summed E-state index contributed by atoms with van der Waals surface area (Å²) in [7, 11) is 1.44. The van der Waals surface area contributed by atoms with Crippen molar-refractivity contribution in [2.75, 3.05) is 26.8 Å². The van der Waals surface area contributed by atoms with Crippen molar-refractivity contribution in [2.45, 2.75) is 6.42 Å². The SMILES string of the molecule is COc1cc(OCCC(=O)O)ccc1C(=O)NCCN. The van der Waals surface area contributed by atoms with Crippen LogP contribution in [0.25, 0.3) is 0 Å². The van der Waals surface area contributed by atoms with Gasteiger partial charge in [-0.15, -0.1) is 0 Å². The molecule has 7 heteroatoms. The van der Waals surface area contributed by atoms with Crippen LogP contribution in [0.15, 0.2) is 18.2 Å². The quantitative estimate of drug-likeness (QED) is 0.629. The number of rotatable bonds is 8. The Balaban J connectivity index is 2.74. The summed E-state index contributed by atoms with van der Waals surface area (Å²) in [5, 5.41) is 11.2. The summed E-state index contributed by atoms with van der Waals surface area (Å²) in [5.74, 6) is -0.426. The van der Waals surface area contributed by atoms with E-state index in [1.165, 1.54) is 7.11 Å². The molecule has 0 unspecified atom stereocenters. The number of nitrogens with one attached hydrogen (secondary N) is 1. The predicted molar refractivity (Wildman–Crippen MR) is 72.1 cm³/mol. The van der Waals surface area contributed by atoms with Crippen LogP contribution in [0, 0.1) is 0 Å². The van der Waals surface area contributed by atoms with Gasteiger partial charge in [0.2, 0.25) is 0 Å². The van der Waals surface area contributed by atoms with Gasteiger partial charge in [0.1, 0.15) is 11.5 Å². The van der Waals surface area contributed by atoms with Crippen molar-refractivity contribution in [1.29, 1.82) is 0 Å². The first-order chi connectivity index (χ1) is 9.58. The Labute approximate surface area is 116 Å². The average molecular weight is 282 g/mol. The molecule has 0 fully saturated rings.